The Balaban J connectivity index is 3.30. The number of rotatable bonds is 9. The number of hydrogen-bond acceptors (Lipinski definition) is 3. The van der Waals surface area contributed by atoms with E-state index < -0.39 is 0 Å². The van der Waals surface area contributed by atoms with Crippen molar-refractivity contribution in [1.82, 2.24) is 15.1 Å². The van der Waals surface area contributed by atoms with E-state index in [1.807, 2.05) is 0 Å². The van der Waals surface area contributed by atoms with Gasteiger partial charge in [-0.25, -0.2) is 0 Å². The van der Waals surface area contributed by atoms with Crippen LogP contribution in [0.15, 0.2) is 0 Å². The third-order valence-electron chi connectivity index (χ3n) is 2.77. The van der Waals surface area contributed by atoms with Gasteiger partial charge in [0.15, 0.2) is 0 Å². The lowest BCUT2D eigenvalue weighted by atomic mass is 10.1. The van der Waals surface area contributed by atoms with Gasteiger partial charge in [0.05, 0.1) is 0 Å². The summed E-state index contributed by atoms with van der Waals surface area (Å²) in [4.78, 5) is 4.70. The minimum absolute atomic E-state index is 0.262. The Kier molecular flexibility index (Phi) is 8.83. The molecule has 0 bridgehead atoms. The van der Waals surface area contributed by atoms with E-state index in [1.165, 1.54) is 38.9 Å². The molecule has 0 aromatic rings. The Morgan fingerprint density at radius 2 is 1.41 bits per heavy atom. The van der Waals surface area contributed by atoms with E-state index in [9.17, 15) is 0 Å². The van der Waals surface area contributed by atoms with E-state index in [2.05, 4.69) is 57.0 Å². The van der Waals surface area contributed by atoms with E-state index in [-0.39, 0.29) is 5.54 Å². The number of hydrogen-bond donors (Lipinski definition) is 1. The van der Waals surface area contributed by atoms with E-state index in [4.69, 9.17) is 0 Å². The van der Waals surface area contributed by atoms with Crippen molar-refractivity contribution in [2.75, 3.05) is 47.3 Å². The molecule has 0 aliphatic rings. The van der Waals surface area contributed by atoms with Crippen molar-refractivity contribution in [3.8, 4) is 0 Å². The minimum atomic E-state index is 0.262. The molecule has 0 aliphatic carbocycles. The van der Waals surface area contributed by atoms with Crippen LogP contribution in [0.5, 0.6) is 0 Å². The first kappa shape index (κ1) is 16.9. The molecule has 0 atom stereocenters. The molecule has 3 heteroatoms. The van der Waals surface area contributed by atoms with Gasteiger partial charge in [-0.15, -0.1) is 0 Å². The summed E-state index contributed by atoms with van der Waals surface area (Å²) in [5.41, 5.74) is 0.262. The Hall–Kier alpha value is -0.120. The molecule has 0 unspecified atom stereocenters. The van der Waals surface area contributed by atoms with Crippen LogP contribution in [-0.4, -0.2) is 62.7 Å². The topological polar surface area (TPSA) is 18.5 Å². The Morgan fingerprint density at radius 3 is 1.94 bits per heavy atom. The number of nitrogens with zero attached hydrogens (tertiary/aromatic N) is 2. The molecule has 0 heterocycles. The number of nitrogens with one attached hydrogen (secondary N) is 1. The average Bonchev–Trinajstić information content (AvgIpc) is 2.14. The molecule has 0 aromatic carbocycles. The van der Waals surface area contributed by atoms with Crippen LogP contribution in [0.1, 0.15) is 40.0 Å². The van der Waals surface area contributed by atoms with Gasteiger partial charge in [0.25, 0.3) is 0 Å². The van der Waals surface area contributed by atoms with Crippen molar-refractivity contribution in [3.63, 3.8) is 0 Å². The fourth-order valence-corrected chi connectivity index (χ4v) is 1.74. The largest absolute Gasteiger partial charge is 0.312 e. The maximum absolute atomic E-state index is 3.53. The quantitative estimate of drug-likeness (QED) is 0.625. The predicted octanol–water partition coefficient (Wildman–Crippen LogP) is 2.04. The molecule has 0 aromatic heterocycles. The summed E-state index contributed by atoms with van der Waals surface area (Å²) in [5.74, 6) is 0. The fraction of sp³-hybridized carbons (Fsp3) is 1.00. The SMILES string of the molecule is CN(C)CCCN(C)CCCCNC(C)(C)C. The normalized spacial score (nSPS) is 12.7. The summed E-state index contributed by atoms with van der Waals surface area (Å²) in [5, 5.41) is 3.53. The van der Waals surface area contributed by atoms with Crippen LogP contribution in [0.3, 0.4) is 0 Å². The molecular weight excluding hydrogens is 210 g/mol. The van der Waals surface area contributed by atoms with Gasteiger partial charge < -0.3 is 15.1 Å². The van der Waals surface area contributed by atoms with Crippen molar-refractivity contribution in [2.24, 2.45) is 0 Å². The monoisotopic (exact) mass is 243 g/mol. The van der Waals surface area contributed by atoms with E-state index in [0.29, 0.717) is 0 Å². The summed E-state index contributed by atoms with van der Waals surface area (Å²) >= 11 is 0. The van der Waals surface area contributed by atoms with Gasteiger partial charge in [0.1, 0.15) is 0 Å². The molecule has 1 N–H and O–H groups in total. The second kappa shape index (κ2) is 8.90. The smallest absolute Gasteiger partial charge is 0.00965 e. The second-order valence-corrected chi connectivity index (χ2v) is 6.34. The third-order valence-corrected chi connectivity index (χ3v) is 2.77. The first-order valence-electron chi connectivity index (χ1n) is 6.89. The molecule has 0 rings (SSSR count). The molecule has 0 saturated carbocycles. The molecular formula is C14H33N3. The van der Waals surface area contributed by atoms with Crippen molar-refractivity contribution >= 4 is 0 Å². The van der Waals surface area contributed by atoms with E-state index in [1.54, 1.807) is 0 Å². The molecule has 0 radical (unpaired) electrons. The predicted molar refractivity (Wildman–Crippen MR) is 77.7 cm³/mol. The maximum atomic E-state index is 3.53. The Bertz CT molecular complexity index is 173. The lowest BCUT2D eigenvalue weighted by Crippen LogP contribution is -2.36. The summed E-state index contributed by atoms with van der Waals surface area (Å²) in [6.45, 7) is 11.4. The van der Waals surface area contributed by atoms with E-state index in [0.717, 1.165) is 6.54 Å². The summed E-state index contributed by atoms with van der Waals surface area (Å²) < 4.78 is 0. The number of unbranched alkanes of at least 4 members (excludes halogenated alkanes) is 1. The van der Waals surface area contributed by atoms with Crippen LogP contribution in [-0.2, 0) is 0 Å². The molecule has 104 valence electrons. The zero-order chi connectivity index (χ0) is 13.3. The van der Waals surface area contributed by atoms with Gasteiger partial charge in [-0.2, -0.15) is 0 Å². The molecule has 0 fully saturated rings. The summed E-state index contributed by atoms with van der Waals surface area (Å²) in [7, 11) is 6.50. The van der Waals surface area contributed by atoms with Gasteiger partial charge >= 0.3 is 0 Å². The molecule has 0 aliphatic heterocycles. The second-order valence-electron chi connectivity index (χ2n) is 6.34. The van der Waals surface area contributed by atoms with Crippen molar-refractivity contribution in [2.45, 2.75) is 45.6 Å². The van der Waals surface area contributed by atoms with Crippen LogP contribution in [0.4, 0.5) is 0 Å². The molecule has 0 saturated heterocycles. The first-order valence-corrected chi connectivity index (χ1v) is 6.89. The highest BCUT2D eigenvalue weighted by Crippen LogP contribution is 2.00. The third kappa shape index (κ3) is 13.8. The summed E-state index contributed by atoms with van der Waals surface area (Å²) in [6.07, 6.45) is 3.83. The van der Waals surface area contributed by atoms with Crippen LogP contribution < -0.4 is 5.32 Å². The lowest BCUT2D eigenvalue weighted by Gasteiger charge is -2.21. The highest BCUT2D eigenvalue weighted by atomic mass is 15.1. The van der Waals surface area contributed by atoms with Gasteiger partial charge in [-0.1, -0.05) is 0 Å². The van der Waals surface area contributed by atoms with Crippen molar-refractivity contribution < 1.29 is 0 Å². The standard InChI is InChI=1S/C14H33N3/c1-14(2,3)15-10-7-8-12-17(6)13-9-11-16(4)5/h15H,7-13H2,1-6H3. The molecule has 0 amide bonds. The van der Waals surface area contributed by atoms with Gasteiger partial charge in [-0.05, 0) is 87.4 Å². The van der Waals surface area contributed by atoms with Gasteiger partial charge in [0, 0.05) is 5.54 Å². The van der Waals surface area contributed by atoms with Crippen LogP contribution in [0, 0.1) is 0 Å². The zero-order valence-electron chi connectivity index (χ0n) is 12.8. The van der Waals surface area contributed by atoms with Gasteiger partial charge in [-0.3, -0.25) is 0 Å². The van der Waals surface area contributed by atoms with E-state index >= 15 is 0 Å². The van der Waals surface area contributed by atoms with Crippen LogP contribution >= 0.6 is 0 Å². The molecule has 0 spiro atoms. The molecule has 3 nitrogen and oxygen atoms in total. The Labute approximate surface area is 109 Å². The fourth-order valence-electron chi connectivity index (χ4n) is 1.74. The highest BCUT2D eigenvalue weighted by Gasteiger charge is 2.07. The Morgan fingerprint density at radius 1 is 0.824 bits per heavy atom. The molecule has 17 heavy (non-hydrogen) atoms. The van der Waals surface area contributed by atoms with Crippen LogP contribution in [0.25, 0.3) is 0 Å². The lowest BCUT2D eigenvalue weighted by molar-refractivity contribution is 0.293. The first-order chi connectivity index (χ1) is 7.81. The van der Waals surface area contributed by atoms with Gasteiger partial charge in [0.2, 0.25) is 0 Å². The van der Waals surface area contributed by atoms with Crippen LogP contribution in [0.2, 0.25) is 0 Å². The average molecular weight is 243 g/mol. The van der Waals surface area contributed by atoms with Crippen molar-refractivity contribution in [1.29, 1.82) is 0 Å². The van der Waals surface area contributed by atoms with Crippen molar-refractivity contribution in [3.05, 3.63) is 0 Å². The minimum Gasteiger partial charge on any atom is -0.312 e. The zero-order valence-corrected chi connectivity index (χ0v) is 12.8. The highest BCUT2D eigenvalue weighted by molar-refractivity contribution is 4.69. The maximum Gasteiger partial charge on any atom is 0.00965 e. The summed E-state index contributed by atoms with van der Waals surface area (Å²) in [6, 6.07) is 0.